The van der Waals surface area contributed by atoms with Gasteiger partial charge in [0, 0.05) is 22.6 Å². The van der Waals surface area contributed by atoms with E-state index in [0.717, 1.165) is 21.1 Å². The molecule has 20 heavy (non-hydrogen) atoms. The number of hydrogen-bond donors (Lipinski definition) is 1. The number of benzene rings is 1. The second-order valence-electron chi connectivity index (χ2n) is 5.26. The fourth-order valence-corrected chi connectivity index (χ4v) is 2.29. The first-order valence-corrected chi connectivity index (χ1v) is 7.10. The Morgan fingerprint density at radius 2 is 2.20 bits per heavy atom. The lowest BCUT2D eigenvalue weighted by atomic mass is 9.93. The Kier molecular flexibility index (Phi) is 4.28. The summed E-state index contributed by atoms with van der Waals surface area (Å²) in [5.74, 6) is -0.235. The largest absolute Gasteiger partial charge is 0.469 e. The molecule has 5 heteroatoms. The number of ether oxygens (including phenoxy) is 1. The van der Waals surface area contributed by atoms with E-state index >= 15 is 0 Å². The van der Waals surface area contributed by atoms with Gasteiger partial charge in [0.2, 0.25) is 0 Å². The maximum atomic E-state index is 11.7. The molecule has 0 aliphatic carbocycles. The Morgan fingerprint density at radius 1 is 1.45 bits per heavy atom. The number of halogens is 1. The Hall–Kier alpha value is -1.62. The normalized spacial score (nSPS) is 11.4. The number of pyridine rings is 1. The monoisotopic (exact) mass is 336 g/mol. The molecule has 4 nitrogen and oxygen atoms in total. The van der Waals surface area contributed by atoms with Crippen LogP contribution in [0.1, 0.15) is 13.8 Å². The Morgan fingerprint density at radius 3 is 2.90 bits per heavy atom. The summed E-state index contributed by atoms with van der Waals surface area (Å²) >= 11 is 3.41. The van der Waals surface area contributed by atoms with Crippen LogP contribution in [-0.2, 0) is 9.53 Å². The van der Waals surface area contributed by atoms with E-state index in [1.165, 1.54) is 7.11 Å². The Bertz CT molecular complexity index is 641. The van der Waals surface area contributed by atoms with Gasteiger partial charge in [0.25, 0.3) is 0 Å². The van der Waals surface area contributed by atoms with Gasteiger partial charge in [-0.1, -0.05) is 12.1 Å². The minimum atomic E-state index is -0.591. The van der Waals surface area contributed by atoms with Gasteiger partial charge in [0.05, 0.1) is 23.7 Å². The molecule has 0 amide bonds. The highest BCUT2D eigenvalue weighted by atomic mass is 79.9. The summed E-state index contributed by atoms with van der Waals surface area (Å²) in [5.41, 5.74) is 1.20. The van der Waals surface area contributed by atoms with Crippen molar-refractivity contribution in [1.29, 1.82) is 0 Å². The van der Waals surface area contributed by atoms with E-state index in [0.29, 0.717) is 6.54 Å². The summed E-state index contributed by atoms with van der Waals surface area (Å²) in [6.07, 6.45) is 1.76. The zero-order chi connectivity index (χ0) is 14.8. The first kappa shape index (κ1) is 14.8. The minimum Gasteiger partial charge on any atom is -0.469 e. The first-order valence-electron chi connectivity index (χ1n) is 6.30. The van der Waals surface area contributed by atoms with Crippen LogP contribution in [0.25, 0.3) is 10.9 Å². The molecule has 0 atom stereocenters. The van der Waals surface area contributed by atoms with Crippen molar-refractivity contribution in [1.82, 2.24) is 4.98 Å². The van der Waals surface area contributed by atoms with Crippen molar-refractivity contribution >= 4 is 38.5 Å². The number of nitrogens with zero attached hydrogens (tertiary/aromatic N) is 1. The smallest absolute Gasteiger partial charge is 0.313 e. The predicted molar refractivity (Wildman–Crippen MR) is 83.7 cm³/mol. The van der Waals surface area contributed by atoms with Crippen LogP contribution in [0.3, 0.4) is 0 Å². The molecule has 2 rings (SSSR count). The molecular formula is C15H17BrN2O2. The molecule has 0 saturated heterocycles. The van der Waals surface area contributed by atoms with E-state index in [2.05, 4.69) is 26.2 Å². The third-order valence-electron chi connectivity index (χ3n) is 3.14. The van der Waals surface area contributed by atoms with Gasteiger partial charge in [-0.25, -0.2) is 0 Å². The van der Waals surface area contributed by atoms with Crippen LogP contribution in [0.2, 0.25) is 0 Å². The highest BCUT2D eigenvalue weighted by Crippen LogP contribution is 2.25. The van der Waals surface area contributed by atoms with Crippen LogP contribution in [-0.4, -0.2) is 24.6 Å². The van der Waals surface area contributed by atoms with Crippen LogP contribution in [0.15, 0.2) is 34.9 Å². The summed E-state index contributed by atoms with van der Waals surface area (Å²) in [4.78, 5) is 16.1. The molecule has 0 aliphatic heterocycles. The fraction of sp³-hybridized carbons (Fsp3) is 0.333. The number of rotatable bonds is 4. The van der Waals surface area contributed by atoms with Gasteiger partial charge < -0.3 is 10.1 Å². The van der Waals surface area contributed by atoms with E-state index in [1.807, 2.05) is 38.1 Å². The number of fused-ring (bicyclic) bond motifs is 1. The molecule has 106 valence electrons. The molecule has 0 bridgehead atoms. The van der Waals surface area contributed by atoms with Crippen LogP contribution in [0.4, 0.5) is 5.69 Å². The van der Waals surface area contributed by atoms with Gasteiger partial charge in [-0.05, 0) is 41.9 Å². The summed E-state index contributed by atoms with van der Waals surface area (Å²) in [5, 5.41) is 4.33. The highest BCUT2D eigenvalue weighted by molar-refractivity contribution is 9.10. The zero-order valence-electron chi connectivity index (χ0n) is 11.7. The summed E-state index contributed by atoms with van der Waals surface area (Å²) in [6.45, 7) is 4.18. The van der Waals surface area contributed by atoms with Gasteiger partial charge in [-0.15, -0.1) is 0 Å². The molecule has 0 aliphatic rings. The number of carbonyl (C=O) groups is 1. The number of methoxy groups -OCH3 is 1. The van der Waals surface area contributed by atoms with Crippen molar-refractivity contribution in [2.45, 2.75) is 13.8 Å². The molecule has 1 heterocycles. The van der Waals surface area contributed by atoms with E-state index < -0.39 is 5.41 Å². The van der Waals surface area contributed by atoms with Crippen molar-refractivity contribution in [3.63, 3.8) is 0 Å². The Labute approximate surface area is 126 Å². The molecule has 0 fully saturated rings. The van der Waals surface area contributed by atoms with Crippen LogP contribution in [0, 0.1) is 5.41 Å². The number of anilines is 1. The predicted octanol–water partition coefficient (Wildman–Crippen LogP) is 3.61. The molecule has 1 aromatic carbocycles. The van der Waals surface area contributed by atoms with Crippen molar-refractivity contribution in [3.8, 4) is 0 Å². The van der Waals surface area contributed by atoms with Gasteiger partial charge in [-0.2, -0.15) is 0 Å². The number of nitrogens with one attached hydrogen (secondary N) is 1. The van der Waals surface area contributed by atoms with Gasteiger partial charge in [-0.3, -0.25) is 9.78 Å². The average molecular weight is 337 g/mol. The summed E-state index contributed by atoms with van der Waals surface area (Å²) in [7, 11) is 1.40. The topological polar surface area (TPSA) is 51.2 Å². The van der Waals surface area contributed by atoms with Crippen molar-refractivity contribution in [3.05, 3.63) is 34.9 Å². The fourth-order valence-electron chi connectivity index (χ4n) is 1.94. The molecule has 1 N–H and O–H groups in total. The lowest BCUT2D eigenvalue weighted by Crippen LogP contribution is -2.33. The highest BCUT2D eigenvalue weighted by Gasteiger charge is 2.28. The van der Waals surface area contributed by atoms with Crippen molar-refractivity contribution < 1.29 is 9.53 Å². The first-order chi connectivity index (χ1) is 9.44. The lowest BCUT2D eigenvalue weighted by molar-refractivity contribution is -0.149. The van der Waals surface area contributed by atoms with Gasteiger partial charge >= 0.3 is 5.97 Å². The average Bonchev–Trinajstić information content (AvgIpc) is 2.43. The third kappa shape index (κ3) is 3.10. The third-order valence-corrected chi connectivity index (χ3v) is 3.57. The van der Waals surface area contributed by atoms with Gasteiger partial charge in [0.15, 0.2) is 0 Å². The molecule has 0 radical (unpaired) electrons. The standard InChI is InChI=1S/C15H17BrN2O2/c1-15(2,14(19)20-3)9-18-12-6-4-5-10-7-11(16)8-17-13(10)12/h4-8,18H,9H2,1-3H3. The molecule has 1 aromatic heterocycles. The van der Waals surface area contributed by atoms with Crippen LogP contribution >= 0.6 is 15.9 Å². The number of hydrogen-bond acceptors (Lipinski definition) is 4. The number of esters is 1. The number of para-hydroxylation sites is 1. The minimum absolute atomic E-state index is 0.235. The Balaban J connectivity index is 2.24. The van der Waals surface area contributed by atoms with Crippen molar-refractivity contribution in [2.24, 2.45) is 5.41 Å². The number of aromatic nitrogens is 1. The SMILES string of the molecule is COC(=O)C(C)(C)CNc1cccc2cc(Br)cnc12. The maximum absolute atomic E-state index is 11.7. The molecular weight excluding hydrogens is 320 g/mol. The molecule has 0 unspecified atom stereocenters. The van der Waals surface area contributed by atoms with Crippen LogP contribution < -0.4 is 5.32 Å². The van der Waals surface area contributed by atoms with Crippen molar-refractivity contribution in [2.75, 3.05) is 19.0 Å². The number of carbonyl (C=O) groups excluding carboxylic acids is 1. The quantitative estimate of drug-likeness (QED) is 0.866. The van der Waals surface area contributed by atoms with E-state index in [4.69, 9.17) is 4.74 Å². The van der Waals surface area contributed by atoms with E-state index in [1.54, 1.807) is 6.20 Å². The second kappa shape index (κ2) is 5.79. The van der Waals surface area contributed by atoms with Gasteiger partial charge in [0.1, 0.15) is 0 Å². The van der Waals surface area contributed by atoms with Crippen LogP contribution in [0.5, 0.6) is 0 Å². The molecule has 0 saturated carbocycles. The maximum Gasteiger partial charge on any atom is 0.313 e. The lowest BCUT2D eigenvalue weighted by Gasteiger charge is -2.22. The molecule has 2 aromatic rings. The summed E-state index contributed by atoms with van der Waals surface area (Å²) < 4.78 is 5.75. The zero-order valence-corrected chi connectivity index (χ0v) is 13.3. The van der Waals surface area contributed by atoms with E-state index in [9.17, 15) is 4.79 Å². The van der Waals surface area contributed by atoms with E-state index in [-0.39, 0.29) is 5.97 Å². The summed E-state index contributed by atoms with van der Waals surface area (Å²) in [6, 6.07) is 7.93. The molecule has 0 spiro atoms. The second-order valence-corrected chi connectivity index (χ2v) is 6.18.